The van der Waals surface area contributed by atoms with Crippen molar-refractivity contribution in [1.29, 1.82) is 0 Å². The van der Waals surface area contributed by atoms with Crippen LogP contribution in [0.1, 0.15) is 32.1 Å². The average molecular weight is 263 g/mol. The second-order valence-electron chi connectivity index (χ2n) is 4.10. The molecule has 0 heterocycles. The van der Waals surface area contributed by atoms with Gasteiger partial charge in [-0.15, -0.1) is 0 Å². The Kier molecular flexibility index (Phi) is 5.07. The van der Waals surface area contributed by atoms with Crippen molar-refractivity contribution >= 4 is 21.9 Å². The highest BCUT2D eigenvalue weighted by molar-refractivity contribution is 7.85. The average Bonchev–Trinajstić information content (AvgIpc) is 2.24. The second kappa shape index (κ2) is 6.11. The van der Waals surface area contributed by atoms with Crippen LogP contribution in [0.5, 0.6) is 0 Å². The van der Waals surface area contributed by atoms with E-state index >= 15 is 0 Å². The lowest BCUT2D eigenvalue weighted by atomic mass is 9.88. The lowest BCUT2D eigenvalue weighted by Gasteiger charge is -2.19. The van der Waals surface area contributed by atoms with E-state index in [2.05, 4.69) is 0 Å². The Bertz CT molecular complexity index is 376. The SMILES string of the molecule is O=C1CCC(C(=O)OCCCS(=O)(=O)[O-])CC1. The van der Waals surface area contributed by atoms with Gasteiger partial charge in [0.15, 0.2) is 0 Å². The topological polar surface area (TPSA) is 101 Å². The molecule has 0 saturated heterocycles. The number of ether oxygens (including phenoxy) is 1. The lowest BCUT2D eigenvalue weighted by molar-refractivity contribution is -0.150. The smallest absolute Gasteiger partial charge is 0.308 e. The summed E-state index contributed by atoms with van der Waals surface area (Å²) in [4.78, 5) is 22.4. The van der Waals surface area contributed by atoms with Crippen LogP contribution in [-0.4, -0.2) is 37.1 Å². The van der Waals surface area contributed by atoms with Crippen LogP contribution in [0.2, 0.25) is 0 Å². The van der Waals surface area contributed by atoms with Gasteiger partial charge in [0.1, 0.15) is 5.78 Å². The molecule has 1 aliphatic rings. The standard InChI is InChI=1S/C10H16O6S/c11-9-4-2-8(3-5-9)10(12)16-6-1-7-17(13,14)15/h8H,1-7H2,(H,13,14,15)/p-1. The van der Waals surface area contributed by atoms with Gasteiger partial charge >= 0.3 is 5.97 Å². The molecule has 0 aromatic rings. The molecular weight excluding hydrogens is 248 g/mol. The minimum Gasteiger partial charge on any atom is -0.748 e. The van der Waals surface area contributed by atoms with Crippen LogP contribution in [0.4, 0.5) is 0 Å². The van der Waals surface area contributed by atoms with Crippen LogP contribution in [0.3, 0.4) is 0 Å². The van der Waals surface area contributed by atoms with Gasteiger partial charge in [-0.1, -0.05) is 0 Å². The molecule has 0 aliphatic heterocycles. The summed E-state index contributed by atoms with van der Waals surface area (Å²) in [5.41, 5.74) is 0. The van der Waals surface area contributed by atoms with Gasteiger partial charge in [-0.25, -0.2) is 8.42 Å². The molecule has 0 aromatic carbocycles. The molecule has 0 amide bonds. The minimum absolute atomic E-state index is 0.0171. The van der Waals surface area contributed by atoms with Crippen LogP contribution < -0.4 is 0 Å². The van der Waals surface area contributed by atoms with E-state index in [4.69, 9.17) is 4.74 Å². The number of Topliss-reactive ketones (excluding diaryl/α,β-unsaturated/α-hetero) is 1. The van der Waals surface area contributed by atoms with Crippen LogP contribution in [-0.2, 0) is 24.4 Å². The van der Waals surface area contributed by atoms with Gasteiger partial charge < -0.3 is 9.29 Å². The van der Waals surface area contributed by atoms with Crippen molar-refractivity contribution in [2.75, 3.05) is 12.4 Å². The van der Waals surface area contributed by atoms with Crippen molar-refractivity contribution in [2.45, 2.75) is 32.1 Å². The first kappa shape index (κ1) is 14.1. The minimum atomic E-state index is -4.24. The monoisotopic (exact) mass is 263 g/mol. The van der Waals surface area contributed by atoms with E-state index in [-0.39, 0.29) is 24.7 Å². The highest BCUT2D eigenvalue weighted by Crippen LogP contribution is 2.22. The molecule has 0 spiro atoms. The predicted molar refractivity (Wildman–Crippen MR) is 57.1 cm³/mol. The van der Waals surface area contributed by atoms with E-state index in [9.17, 15) is 22.6 Å². The van der Waals surface area contributed by atoms with E-state index in [0.29, 0.717) is 25.7 Å². The van der Waals surface area contributed by atoms with Crippen molar-refractivity contribution < 1.29 is 27.3 Å². The highest BCUT2D eigenvalue weighted by Gasteiger charge is 2.25. The van der Waals surface area contributed by atoms with E-state index < -0.39 is 21.8 Å². The molecule has 17 heavy (non-hydrogen) atoms. The Morgan fingerprint density at radius 1 is 1.35 bits per heavy atom. The first-order chi connectivity index (χ1) is 7.88. The van der Waals surface area contributed by atoms with Crippen molar-refractivity contribution in [3.63, 3.8) is 0 Å². The zero-order valence-corrected chi connectivity index (χ0v) is 10.2. The van der Waals surface area contributed by atoms with E-state index in [1.807, 2.05) is 0 Å². The van der Waals surface area contributed by atoms with Crippen LogP contribution in [0, 0.1) is 5.92 Å². The number of ketones is 1. The maximum absolute atomic E-state index is 11.5. The zero-order valence-electron chi connectivity index (χ0n) is 9.38. The molecule has 7 heteroatoms. The summed E-state index contributed by atoms with van der Waals surface area (Å²) in [6.45, 7) is -0.0647. The quantitative estimate of drug-likeness (QED) is 0.399. The largest absolute Gasteiger partial charge is 0.748 e. The molecule has 1 rings (SSSR count). The highest BCUT2D eigenvalue weighted by atomic mass is 32.2. The summed E-state index contributed by atoms with van der Waals surface area (Å²) in [6.07, 6.45) is 1.81. The van der Waals surface area contributed by atoms with E-state index in [0.717, 1.165) is 0 Å². The number of hydrogen-bond acceptors (Lipinski definition) is 6. The lowest BCUT2D eigenvalue weighted by Crippen LogP contribution is -2.24. The van der Waals surface area contributed by atoms with Gasteiger partial charge in [-0.2, -0.15) is 0 Å². The predicted octanol–water partition coefficient (Wildman–Crippen LogP) is 0.224. The number of carbonyl (C=O) groups excluding carboxylic acids is 2. The summed E-state index contributed by atoms with van der Waals surface area (Å²) in [5.74, 6) is -1.03. The summed E-state index contributed by atoms with van der Waals surface area (Å²) in [5, 5.41) is 0. The van der Waals surface area contributed by atoms with Gasteiger partial charge in [0.25, 0.3) is 0 Å². The molecule has 0 N–H and O–H groups in total. The molecule has 0 radical (unpaired) electrons. The van der Waals surface area contributed by atoms with Crippen molar-refractivity contribution in [2.24, 2.45) is 5.92 Å². The first-order valence-electron chi connectivity index (χ1n) is 5.50. The summed E-state index contributed by atoms with van der Waals surface area (Å²) >= 11 is 0. The van der Waals surface area contributed by atoms with Crippen LogP contribution >= 0.6 is 0 Å². The Hall–Kier alpha value is -0.950. The van der Waals surface area contributed by atoms with E-state index in [1.165, 1.54) is 0 Å². The van der Waals surface area contributed by atoms with Gasteiger partial charge in [0.2, 0.25) is 0 Å². The fourth-order valence-corrected chi connectivity index (χ4v) is 2.17. The molecule has 1 saturated carbocycles. The van der Waals surface area contributed by atoms with E-state index in [1.54, 1.807) is 0 Å². The summed E-state index contributed by atoms with van der Waals surface area (Å²) in [7, 11) is -4.24. The van der Waals surface area contributed by atoms with Gasteiger partial charge in [0, 0.05) is 18.6 Å². The molecule has 0 unspecified atom stereocenters. The van der Waals surface area contributed by atoms with Crippen molar-refractivity contribution in [3.8, 4) is 0 Å². The maximum Gasteiger partial charge on any atom is 0.308 e. The number of hydrogen-bond donors (Lipinski definition) is 0. The summed E-state index contributed by atoms with van der Waals surface area (Å²) in [6, 6.07) is 0. The zero-order chi connectivity index (χ0) is 12.9. The Balaban J connectivity index is 2.19. The normalized spacial score (nSPS) is 18.1. The molecular formula is C10H15O6S-. The molecule has 6 nitrogen and oxygen atoms in total. The number of esters is 1. The first-order valence-corrected chi connectivity index (χ1v) is 7.08. The van der Waals surface area contributed by atoms with Crippen molar-refractivity contribution in [1.82, 2.24) is 0 Å². The van der Waals surface area contributed by atoms with Crippen LogP contribution in [0.25, 0.3) is 0 Å². The fraction of sp³-hybridized carbons (Fsp3) is 0.800. The molecule has 0 bridgehead atoms. The molecule has 0 atom stereocenters. The second-order valence-corrected chi connectivity index (χ2v) is 5.62. The summed E-state index contributed by atoms with van der Waals surface area (Å²) < 4.78 is 35.7. The maximum atomic E-state index is 11.5. The Labute approximate surface area is 100 Å². The Morgan fingerprint density at radius 2 is 1.94 bits per heavy atom. The number of rotatable bonds is 5. The van der Waals surface area contributed by atoms with Gasteiger partial charge in [-0.3, -0.25) is 9.59 Å². The third-order valence-corrected chi connectivity index (χ3v) is 3.45. The molecule has 98 valence electrons. The molecule has 1 aliphatic carbocycles. The Morgan fingerprint density at radius 3 is 2.47 bits per heavy atom. The fourth-order valence-electron chi connectivity index (χ4n) is 1.70. The van der Waals surface area contributed by atoms with Crippen LogP contribution in [0.15, 0.2) is 0 Å². The molecule has 1 fully saturated rings. The molecule has 0 aromatic heterocycles. The third-order valence-electron chi connectivity index (χ3n) is 2.66. The van der Waals surface area contributed by atoms with Gasteiger partial charge in [0.05, 0.1) is 22.6 Å². The van der Waals surface area contributed by atoms with Crippen molar-refractivity contribution in [3.05, 3.63) is 0 Å². The third kappa shape index (κ3) is 5.78. The number of carbonyl (C=O) groups is 2. The van der Waals surface area contributed by atoms with Gasteiger partial charge in [-0.05, 0) is 19.3 Å².